The molecular formula is C12H13NS. The molecule has 2 rings (SSSR count). The zero-order chi connectivity index (χ0) is 10.2. The van der Waals surface area contributed by atoms with Crippen LogP contribution in [0.15, 0.2) is 36.9 Å². The summed E-state index contributed by atoms with van der Waals surface area (Å²) in [6.45, 7) is 5.94. The lowest BCUT2D eigenvalue weighted by Crippen LogP contribution is -2.35. The molecule has 1 heterocycles. The summed E-state index contributed by atoms with van der Waals surface area (Å²) < 4.78 is 0. The SMILES string of the molecule is C=CCC1(C)NC(=S)c2ccccc21. The zero-order valence-electron chi connectivity index (χ0n) is 8.21. The van der Waals surface area contributed by atoms with Crippen molar-refractivity contribution < 1.29 is 0 Å². The van der Waals surface area contributed by atoms with Crippen LogP contribution >= 0.6 is 12.2 Å². The molecule has 0 amide bonds. The third-order valence-electron chi connectivity index (χ3n) is 2.71. The molecule has 0 saturated heterocycles. The largest absolute Gasteiger partial charge is 0.366 e. The maximum absolute atomic E-state index is 5.29. The fourth-order valence-corrected chi connectivity index (χ4v) is 2.40. The van der Waals surface area contributed by atoms with Gasteiger partial charge in [-0.25, -0.2) is 0 Å². The highest BCUT2D eigenvalue weighted by molar-refractivity contribution is 7.80. The van der Waals surface area contributed by atoms with Crippen LogP contribution in [0.5, 0.6) is 0 Å². The first kappa shape index (κ1) is 9.41. The molecule has 1 nitrogen and oxygen atoms in total. The summed E-state index contributed by atoms with van der Waals surface area (Å²) in [4.78, 5) is 0.852. The monoisotopic (exact) mass is 203 g/mol. The van der Waals surface area contributed by atoms with E-state index in [0.717, 1.165) is 17.0 Å². The molecule has 1 aromatic rings. The van der Waals surface area contributed by atoms with Crippen LogP contribution < -0.4 is 5.32 Å². The van der Waals surface area contributed by atoms with Crippen molar-refractivity contribution in [3.05, 3.63) is 48.0 Å². The predicted octanol–water partition coefficient (Wildman–Crippen LogP) is 2.76. The lowest BCUT2D eigenvalue weighted by molar-refractivity contribution is 0.461. The first-order valence-electron chi connectivity index (χ1n) is 4.70. The number of thiocarbonyl (C=S) groups is 1. The number of fused-ring (bicyclic) bond motifs is 1. The normalized spacial score (nSPS) is 24.2. The van der Waals surface area contributed by atoms with E-state index in [1.165, 1.54) is 5.56 Å². The van der Waals surface area contributed by atoms with E-state index >= 15 is 0 Å². The Morgan fingerprint density at radius 1 is 1.50 bits per heavy atom. The molecule has 1 aliphatic heterocycles. The standard InChI is InChI=1S/C12H13NS/c1-3-8-12(2)10-7-5-4-6-9(10)11(14)13-12/h3-7H,1,8H2,2H3,(H,13,14). The number of rotatable bonds is 2. The Bertz CT molecular complexity index is 397. The van der Waals surface area contributed by atoms with E-state index in [2.05, 4.69) is 37.0 Å². The van der Waals surface area contributed by atoms with Gasteiger partial charge in [-0.2, -0.15) is 0 Å². The van der Waals surface area contributed by atoms with Crippen molar-refractivity contribution in [1.29, 1.82) is 0 Å². The van der Waals surface area contributed by atoms with Crippen LogP contribution in [-0.2, 0) is 5.54 Å². The van der Waals surface area contributed by atoms with E-state index in [1.807, 2.05) is 12.1 Å². The van der Waals surface area contributed by atoms with Gasteiger partial charge >= 0.3 is 0 Å². The number of nitrogens with one attached hydrogen (secondary N) is 1. The molecule has 0 fully saturated rings. The van der Waals surface area contributed by atoms with Gasteiger partial charge in [0.2, 0.25) is 0 Å². The predicted molar refractivity (Wildman–Crippen MR) is 63.4 cm³/mol. The number of benzene rings is 1. The summed E-state index contributed by atoms with van der Waals surface area (Å²) in [6, 6.07) is 8.27. The second-order valence-corrected chi connectivity index (χ2v) is 4.23. The maximum Gasteiger partial charge on any atom is 0.107 e. The molecule has 0 aromatic heterocycles. The van der Waals surface area contributed by atoms with Gasteiger partial charge in [-0.3, -0.25) is 0 Å². The molecular weight excluding hydrogens is 190 g/mol. The van der Waals surface area contributed by atoms with E-state index in [1.54, 1.807) is 0 Å². The van der Waals surface area contributed by atoms with Crippen molar-refractivity contribution >= 4 is 17.2 Å². The van der Waals surface area contributed by atoms with Crippen molar-refractivity contribution in [2.24, 2.45) is 0 Å². The highest BCUT2D eigenvalue weighted by Gasteiger charge is 2.35. The van der Waals surface area contributed by atoms with Crippen molar-refractivity contribution in [3.8, 4) is 0 Å². The Labute approximate surface area is 89.8 Å². The summed E-state index contributed by atoms with van der Waals surface area (Å²) in [5.74, 6) is 0. The minimum absolute atomic E-state index is 0.0601. The van der Waals surface area contributed by atoms with Crippen LogP contribution in [0.3, 0.4) is 0 Å². The fraction of sp³-hybridized carbons (Fsp3) is 0.250. The van der Waals surface area contributed by atoms with E-state index in [4.69, 9.17) is 12.2 Å². The average molecular weight is 203 g/mol. The van der Waals surface area contributed by atoms with Gasteiger partial charge in [0.1, 0.15) is 4.99 Å². The van der Waals surface area contributed by atoms with Crippen LogP contribution in [0, 0.1) is 0 Å². The van der Waals surface area contributed by atoms with Crippen LogP contribution in [-0.4, -0.2) is 4.99 Å². The molecule has 0 bridgehead atoms. The summed E-state index contributed by atoms with van der Waals surface area (Å²) in [7, 11) is 0. The molecule has 1 unspecified atom stereocenters. The molecule has 0 radical (unpaired) electrons. The molecule has 0 saturated carbocycles. The second-order valence-electron chi connectivity index (χ2n) is 3.82. The summed E-state index contributed by atoms with van der Waals surface area (Å²) in [6.07, 6.45) is 2.82. The number of hydrogen-bond donors (Lipinski definition) is 1. The molecule has 2 heteroatoms. The van der Waals surface area contributed by atoms with Crippen LogP contribution in [0.2, 0.25) is 0 Å². The third-order valence-corrected chi connectivity index (χ3v) is 3.03. The minimum atomic E-state index is -0.0601. The third kappa shape index (κ3) is 1.26. The highest BCUT2D eigenvalue weighted by atomic mass is 32.1. The summed E-state index contributed by atoms with van der Waals surface area (Å²) in [5, 5.41) is 3.36. The van der Waals surface area contributed by atoms with Gasteiger partial charge in [-0.1, -0.05) is 42.6 Å². The van der Waals surface area contributed by atoms with E-state index in [0.29, 0.717) is 0 Å². The first-order valence-corrected chi connectivity index (χ1v) is 5.11. The van der Waals surface area contributed by atoms with Crippen LogP contribution in [0.1, 0.15) is 24.5 Å². The molecule has 1 atom stereocenters. The molecule has 0 aliphatic carbocycles. The van der Waals surface area contributed by atoms with Crippen LogP contribution in [0.4, 0.5) is 0 Å². The Balaban J connectivity index is 2.53. The van der Waals surface area contributed by atoms with Gasteiger partial charge in [-0.15, -0.1) is 6.58 Å². The maximum atomic E-state index is 5.29. The lowest BCUT2D eigenvalue weighted by Gasteiger charge is -2.24. The Morgan fingerprint density at radius 2 is 2.21 bits per heavy atom. The molecule has 1 N–H and O–H groups in total. The van der Waals surface area contributed by atoms with Crippen molar-refractivity contribution in [2.75, 3.05) is 0 Å². The molecule has 1 aromatic carbocycles. The van der Waals surface area contributed by atoms with Crippen molar-refractivity contribution in [3.63, 3.8) is 0 Å². The van der Waals surface area contributed by atoms with Crippen molar-refractivity contribution in [2.45, 2.75) is 18.9 Å². The van der Waals surface area contributed by atoms with Gasteiger partial charge in [0.15, 0.2) is 0 Å². The molecule has 72 valence electrons. The zero-order valence-corrected chi connectivity index (χ0v) is 9.03. The van der Waals surface area contributed by atoms with Gasteiger partial charge in [0.25, 0.3) is 0 Å². The molecule has 14 heavy (non-hydrogen) atoms. The average Bonchev–Trinajstić information content (AvgIpc) is 2.41. The van der Waals surface area contributed by atoms with Gasteiger partial charge in [0.05, 0.1) is 5.54 Å². The van der Waals surface area contributed by atoms with Gasteiger partial charge in [0, 0.05) is 5.56 Å². The Hall–Kier alpha value is -1.15. The lowest BCUT2D eigenvalue weighted by atomic mass is 9.89. The van der Waals surface area contributed by atoms with Crippen LogP contribution in [0.25, 0.3) is 0 Å². The van der Waals surface area contributed by atoms with E-state index in [-0.39, 0.29) is 5.54 Å². The topological polar surface area (TPSA) is 12.0 Å². The Morgan fingerprint density at radius 3 is 2.93 bits per heavy atom. The molecule has 1 aliphatic rings. The van der Waals surface area contributed by atoms with Crippen molar-refractivity contribution in [1.82, 2.24) is 5.32 Å². The summed E-state index contributed by atoms with van der Waals surface area (Å²) >= 11 is 5.29. The number of hydrogen-bond acceptors (Lipinski definition) is 1. The first-order chi connectivity index (χ1) is 6.67. The van der Waals surface area contributed by atoms with E-state index in [9.17, 15) is 0 Å². The van der Waals surface area contributed by atoms with E-state index < -0.39 is 0 Å². The summed E-state index contributed by atoms with van der Waals surface area (Å²) in [5.41, 5.74) is 2.38. The Kier molecular flexibility index (Phi) is 2.16. The van der Waals surface area contributed by atoms with Gasteiger partial charge in [-0.05, 0) is 18.9 Å². The highest BCUT2D eigenvalue weighted by Crippen LogP contribution is 2.33. The minimum Gasteiger partial charge on any atom is -0.366 e. The fourth-order valence-electron chi connectivity index (χ4n) is 2.00. The molecule has 0 spiro atoms. The quantitative estimate of drug-likeness (QED) is 0.586. The smallest absolute Gasteiger partial charge is 0.107 e. The second kappa shape index (κ2) is 3.21. The van der Waals surface area contributed by atoms with Gasteiger partial charge < -0.3 is 5.32 Å².